The summed E-state index contributed by atoms with van der Waals surface area (Å²) in [6.45, 7) is 2.80. The van der Waals surface area contributed by atoms with Crippen LogP contribution >= 0.6 is 12.4 Å². The second-order valence-electron chi connectivity index (χ2n) is 1.57. The Labute approximate surface area is 66.5 Å². The fourth-order valence-corrected chi connectivity index (χ4v) is 0.437. The van der Waals surface area contributed by atoms with Crippen LogP contribution in [0.3, 0.4) is 0 Å². The van der Waals surface area contributed by atoms with Gasteiger partial charge in [0.15, 0.2) is 0 Å². The van der Waals surface area contributed by atoms with Crippen molar-refractivity contribution in [3.63, 3.8) is 0 Å². The Balaban J connectivity index is 0. The fourth-order valence-electron chi connectivity index (χ4n) is 0.437. The van der Waals surface area contributed by atoms with Crippen molar-refractivity contribution in [2.45, 2.75) is 13.3 Å². The summed E-state index contributed by atoms with van der Waals surface area (Å²) in [6.07, 6.45) is 0.338. The summed E-state index contributed by atoms with van der Waals surface area (Å²) >= 11 is 0. The quantitative estimate of drug-likeness (QED) is 0.573. The van der Waals surface area contributed by atoms with Gasteiger partial charge in [0.2, 0.25) is 5.91 Å². The Morgan fingerprint density at radius 1 is 1.70 bits per heavy atom. The van der Waals surface area contributed by atoms with Crippen molar-refractivity contribution in [3.05, 3.63) is 0 Å². The second-order valence-corrected chi connectivity index (χ2v) is 1.57. The second kappa shape index (κ2) is 8.68. The molecule has 3 N–H and O–H groups in total. The maximum absolute atomic E-state index is 10.6. The SMILES string of the molecule is CCNC(=O)CCON.Cl. The predicted octanol–water partition coefficient (Wildman–Crippen LogP) is -0.175. The fraction of sp³-hybridized carbons (Fsp3) is 0.800. The predicted molar refractivity (Wildman–Crippen MR) is 40.7 cm³/mol. The molecular weight excluding hydrogens is 156 g/mol. The molecule has 1 amide bonds. The summed E-state index contributed by atoms with van der Waals surface area (Å²) in [7, 11) is 0. The van der Waals surface area contributed by atoms with Crippen LogP contribution in [0, 0.1) is 0 Å². The topological polar surface area (TPSA) is 64.3 Å². The molecule has 62 valence electrons. The number of hydrogen-bond acceptors (Lipinski definition) is 3. The zero-order valence-corrected chi connectivity index (χ0v) is 6.74. The van der Waals surface area contributed by atoms with E-state index in [-0.39, 0.29) is 24.9 Å². The van der Waals surface area contributed by atoms with Crippen LogP contribution in [0.1, 0.15) is 13.3 Å². The minimum absolute atomic E-state index is 0. The highest BCUT2D eigenvalue weighted by molar-refractivity contribution is 5.85. The maximum Gasteiger partial charge on any atom is 0.222 e. The Morgan fingerprint density at radius 2 is 2.30 bits per heavy atom. The van der Waals surface area contributed by atoms with Crippen molar-refractivity contribution < 1.29 is 9.63 Å². The zero-order valence-electron chi connectivity index (χ0n) is 5.92. The van der Waals surface area contributed by atoms with E-state index in [1.54, 1.807) is 0 Å². The smallest absolute Gasteiger partial charge is 0.222 e. The number of hydrogen-bond donors (Lipinski definition) is 2. The van der Waals surface area contributed by atoms with E-state index < -0.39 is 0 Å². The van der Waals surface area contributed by atoms with Gasteiger partial charge in [-0.15, -0.1) is 12.4 Å². The van der Waals surface area contributed by atoms with Gasteiger partial charge >= 0.3 is 0 Å². The third-order valence-electron chi connectivity index (χ3n) is 0.821. The molecule has 0 aliphatic rings. The van der Waals surface area contributed by atoms with Gasteiger partial charge in [-0.25, -0.2) is 5.90 Å². The van der Waals surface area contributed by atoms with E-state index in [1.165, 1.54) is 0 Å². The van der Waals surface area contributed by atoms with Crippen LogP contribution in [-0.2, 0) is 9.63 Å². The first kappa shape index (κ1) is 12.4. The molecule has 0 bridgehead atoms. The molecule has 0 aliphatic carbocycles. The van der Waals surface area contributed by atoms with Crippen molar-refractivity contribution in [3.8, 4) is 0 Å². The molecule has 4 nitrogen and oxygen atoms in total. The lowest BCUT2D eigenvalue weighted by molar-refractivity contribution is -0.122. The molecule has 0 unspecified atom stereocenters. The van der Waals surface area contributed by atoms with Gasteiger partial charge in [0.1, 0.15) is 0 Å². The highest BCUT2D eigenvalue weighted by Crippen LogP contribution is 1.76. The molecule has 0 aromatic heterocycles. The highest BCUT2D eigenvalue weighted by atomic mass is 35.5. The number of nitrogens with one attached hydrogen (secondary N) is 1. The van der Waals surface area contributed by atoms with Gasteiger partial charge in [-0.3, -0.25) is 4.79 Å². The van der Waals surface area contributed by atoms with Crippen molar-refractivity contribution >= 4 is 18.3 Å². The van der Waals surface area contributed by atoms with Gasteiger partial charge in [-0.1, -0.05) is 0 Å². The van der Waals surface area contributed by atoms with Crippen LogP contribution in [-0.4, -0.2) is 19.1 Å². The Kier molecular flexibility index (Phi) is 10.7. The van der Waals surface area contributed by atoms with Gasteiger partial charge in [0.05, 0.1) is 13.0 Å². The first-order chi connectivity index (χ1) is 4.31. The van der Waals surface area contributed by atoms with Crippen LogP contribution < -0.4 is 11.2 Å². The van der Waals surface area contributed by atoms with Crippen LogP contribution in [0.4, 0.5) is 0 Å². The third-order valence-corrected chi connectivity index (χ3v) is 0.821. The zero-order chi connectivity index (χ0) is 7.11. The molecule has 0 aliphatic heterocycles. The van der Waals surface area contributed by atoms with Gasteiger partial charge in [0, 0.05) is 6.54 Å². The number of rotatable bonds is 4. The van der Waals surface area contributed by atoms with E-state index in [2.05, 4.69) is 10.2 Å². The van der Waals surface area contributed by atoms with E-state index in [4.69, 9.17) is 5.90 Å². The van der Waals surface area contributed by atoms with Crippen LogP contribution in [0.5, 0.6) is 0 Å². The molecule has 0 saturated carbocycles. The standard InChI is InChI=1S/C5H12N2O2.ClH/c1-2-7-5(8)3-4-9-6;/h2-4,6H2,1H3,(H,7,8);1H. The molecule has 0 fully saturated rings. The first-order valence-electron chi connectivity index (χ1n) is 2.89. The monoisotopic (exact) mass is 168 g/mol. The highest BCUT2D eigenvalue weighted by Gasteiger charge is 1.95. The molecule has 0 saturated heterocycles. The normalized spacial score (nSPS) is 8.20. The van der Waals surface area contributed by atoms with E-state index in [0.29, 0.717) is 13.0 Å². The number of carbonyl (C=O) groups excluding carboxylic acids is 1. The van der Waals surface area contributed by atoms with Crippen molar-refractivity contribution in [1.82, 2.24) is 5.32 Å². The average molecular weight is 169 g/mol. The summed E-state index contributed by atoms with van der Waals surface area (Å²) in [5.41, 5.74) is 0. The molecule has 10 heavy (non-hydrogen) atoms. The maximum atomic E-state index is 10.6. The van der Waals surface area contributed by atoms with Gasteiger partial charge in [-0.05, 0) is 6.92 Å². The lowest BCUT2D eigenvalue weighted by Crippen LogP contribution is -2.24. The van der Waals surface area contributed by atoms with Gasteiger partial charge in [-0.2, -0.15) is 0 Å². The molecule has 0 atom stereocenters. The Morgan fingerprint density at radius 3 is 2.70 bits per heavy atom. The molecule has 5 heteroatoms. The average Bonchev–Trinajstić information content (AvgIpc) is 1.85. The summed E-state index contributed by atoms with van der Waals surface area (Å²) < 4.78 is 0. The molecule has 0 rings (SSSR count). The Bertz CT molecular complexity index is 89.7. The summed E-state index contributed by atoms with van der Waals surface area (Å²) in [5, 5.41) is 2.61. The van der Waals surface area contributed by atoms with Crippen LogP contribution in [0.25, 0.3) is 0 Å². The molecule has 0 heterocycles. The summed E-state index contributed by atoms with van der Waals surface area (Å²) in [4.78, 5) is 14.8. The third kappa shape index (κ3) is 7.68. The van der Waals surface area contributed by atoms with Crippen LogP contribution in [0.15, 0.2) is 0 Å². The van der Waals surface area contributed by atoms with E-state index >= 15 is 0 Å². The number of amides is 1. The number of nitrogens with two attached hydrogens (primary N) is 1. The molecule has 0 radical (unpaired) electrons. The molecular formula is C5H13ClN2O2. The van der Waals surface area contributed by atoms with Crippen LogP contribution in [0.2, 0.25) is 0 Å². The molecule has 0 aromatic rings. The lowest BCUT2D eigenvalue weighted by Gasteiger charge is -1.98. The van der Waals surface area contributed by atoms with Crippen molar-refractivity contribution in [2.75, 3.05) is 13.2 Å². The van der Waals surface area contributed by atoms with E-state index in [9.17, 15) is 4.79 Å². The lowest BCUT2D eigenvalue weighted by atomic mass is 10.4. The summed E-state index contributed by atoms with van der Waals surface area (Å²) in [6, 6.07) is 0. The number of halogens is 1. The minimum Gasteiger partial charge on any atom is -0.356 e. The van der Waals surface area contributed by atoms with Gasteiger partial charge in [0.25, 0.3) is 0 Å². The molecule has 0 spiro atoms. The van der Waals surface area contributed by atoms with Crippen molar-refractivity contribution in [1.29, 1.82) is 0 Å². The first-order valence-corrected chi connectivity index (χ1v) is 2.89. The number of carbonyl (C=O) groups is 1. The minimum atomic E-state index is -0.0250. The largest absolute Gasteiger partial charge is 0.356 e. The van der Waals surface area contributed by atoms with Gasteiger partial charge < -0.3 is 10.2 Å². The summed E-state index contributed by atoms with van der Waals surface area (Å²) in [5.74, 6) is 4.67. The Hall–Kier alpha value is -0.320. The van der Waals surface area contributed by atoms with E-state index in [0.717, 1.165) is 0 Å². The van der Waals surface area contributed by atoms with E-state index in [1.807, 2.05) is 6.92 Å². The molecule has 0 aromatic carbocycles. The van der Waals surface area contributed by atoms with Crippen molar-refractivity contribution in [2.24, 2.45) is 5.90 Å².